The molecule has 0 spiro atoms. The van der Waals surface area contributed by atoms with Crippen LogP contribution in [0.15, 0.2) is 75.3 Å². The molecule has 7 heteroatoms. The van der Waals surface area contributed by atoms with Gasteiger partial charge in [0.25, 0.3) is 0 Å². The Morgan fingerprint density at radius 3 is 1.35 bits per heavy atom. The predicted molar refractivity (Wildman–Crippen MR) is 120 cm³/mol. The number of nitrogens with one attached hydrogen (secondary N) is 2. The van der Waals surface area contributed by atoms with Gasteiger partial charge in [0.2, 0.25) is 0 Å². The van der Waals surface area contributed by atoms with Crippen molar-refractivity contribution in [1.29, 1.82) is 0 Å². The molecular formula is C24H24N4O3. The molecule has 1 heterocycles. The molecule has 0 unspecified atom stereocenters. The van der Waals surface area contributed by atoms with E-state index in [1.807, 2.05) is 62.4 Å². The van der Waals surface area contributed by atoms with Crippen LogP contribution in [0.25, 0.3) is 0 Å². The summed E-state index contributed by atoms with van der Waals surface area (Å²) in [6.45, 7) is 7.58. The highest BCUT2D eigenvalue weighted by atomic mass is 16.4. The summed E-state index contributed by atoms with van der Waals surface area (Å²) in [5.74, 6) is -1.15. The first kappa shape index (κ1) is 21.7. The summed E-state index contributed by atoms with van der Waals surface area (Å²) in [4.78, 5) is 24.6. The highest BCUT2D eigenvalue weighted by molar-refractivity contribution is 6.01. The maximum absolute atomic E-state index is 12.3. The Bertz CT molecular complexity index is 1050. The van der Waals surface area contributed by atoms with Crippen LogP contribution in [-0.2, 0) is 0 Å². The summed E-state index contributed by atoms with van der Waals surface area (Å²) in [5, 5.41) is 8.18. The second kappa shape index (κ2) is 9.67. The van der Waals surface area contributed by atoms with Gasteiger partial charge < -0.3 is 4.42 Å². The summed E-state index contributed by atoms with van der Waals surface area (Å²) < 4.78 is 5.35. The summed E-state index contributed by atoms with van der Waals surface area (Å²) in [5.41, 5.74) is 10.2. The number of aryl methyl sites for hydroxylation is 2. The minimum absolute atomic E-state index is 0.0233. The maximum Gasteiger partial charge on any atom is 0.307 e. The molecule has 0 bridgehead atoms. The van der Waals surface area contributed by atoms with Crippen LogP contribution in [0, 0.1) is 13.8 Å². The van der Waals surface area contributed by atoms with E-state index >= 15 is 0 Å². The van der Waals surface area contributed by atoms with Crippen LogP contribution >= 0.6 is 0 Å². The van der Waals surface area contributed by atoms with Crippen molar-refractivity contribution in [3.8, 4) is 0 Å². The molecule has 0 saturated carbocycles. The van der Waals surface area contributed by atoms with Crippen molar-refractivity contribution in [3.63, 3.8) is 0 Å². The number of furan rings is 1. The molecule has 2 amide bonds. The van der Waals surface area contributed by atoms with Gasteiger partial charge in [0.05, 0.1) is 11.4 Å². The fourth-order valence-electron chi connectivity index (χ4n) is 2.68. The molecule has 0 aliphatic carbocycles. The second-order valence-electron chi connectivity index (χ2n) is 7.17. The number of hydrogen-bond donors (Lipinski definition) is 2. The highest BCUT2D eigenvalue weighted by Gasteiger charge is 2.15. The van der Waals surface area contributed by atoms with Crippen LogP contribution in [0.3, 0.4) is 0 Å². The van der Waals surface area contributed by atoms with Crippen LogP contribution in [0.5, 0.6) is 0 Å². The van der Waals surface area contributed by atoms with E-state index in [-0.39, 0.29) is 11.5 Å². The van der Waals surface area contributed by atoms with E-state index in [0.29, 0.717) is 11.4 Å². The zero-order chi connectivity index (χ0) is 22.4. The van der Waals surface area contributed by atoms with Gasteiger partial charge in [-0.15, -0.1) is 0 Å². The molecule has 31 heavy (non-hydrogen) atoms. The van der Waals surface area contributed by atoms with Crippen molar-refractivity contribution in [2.24, 2.45) is 10.2 Å². The smallest absolute Gasteiger partial charge is 0.307 e. The molecule has 0 aliphatic heterocycles. The Hall–Kier alpha value is -4.00. The normalized spacial score (nSPS) is 11.9. The third kappa shape index (κ3) is 5.76. The predicted octanol–water partition coefficient (Wildman–Crippen LogP) is 4.20. The number of benzene rings is 2. The number of nitrogens with zero attached hydrogens (tertiary/aromatic N) is 2. The molecule has 0 fully saturated rings. The molecule has 0 atom stereocenters. The number of carbonyl (C=O) groups is 2. The standard InChI is InChI=1S/C24H24N4O3/c1-15-5-9-19(10-6-15)17(3)25-27-23(29)21-13-14-22(31-21)24(30)28-26-18(4)20-11-7-16(2)8-12-20/h5-14H,1-4H3,(H,27,29)(H,28,30). The number of carbonyl (C=O) groups excluding carboxylic acids is 2. The summed E-state index contributed by atoms with van der Waals surface area (Å²) in [6, 6.07) is 18.4. The Kier molecular flexibility index (Phi) is 6.77. The lowest BCUT2D eigenvalue weighted by Crippen LogP contribution is -2.20. The summed E-state index contributed by atoms with van der Waals surface area (Å²) in [7, 11) is 0. The molecule has 1 aromatic heterocycles. The first-order valence-corrected chi connectivity index (χ1v) is 9.76. The maximum atomic E-state index is 12.3. The van der Waals surface area contributed by atoms with Gasteiger partial charge in [-0.05, 0) is 51.0 Å². The third-order valence-electron chi connectivity index (χ3n) is 4.64. The Morgan fingerprint density at radius 2 is 1.00 bits per heavy atom. The topological polar surface area (TPSA) is 96.1 Å². The second-order valence-corrected chi connectivity index (χ2v) is 7.17. The monoisotopic (exact) mass is 416 g/mol. The minimum Gasteiger partial charge on any atom is -0.446 e. The van der Waals surface area contributed by atoms with E-state index in [0.717, 1.165) is 22.3 Å². The van der Waals surface area contributed by atoms with Crippen LogP contribution in [-0.4, -0.2) is 23.2 Å². The molecule has 0 aliphatic rings. The zero-order valence-electron chi connectivity index (χ0n) is 17.9. The van der Waals surface area contributed by atoms with E-state index in [1.165, 1.54) is 12.1 Å². The number of rotatable bonds is 6. The third-order valence-corrected chi connectivity index (χ3v) is 4.64. The van der Waals surface area contributed by atoms with Crippen molar-refractivity contribution in [2.75, 3.05) is 0 Å². The lowest BCUT2D eigenvalue weighted by Gasteiger charge is -2.03. The van der Waals surface area contributed by atoms with Gasteiger partial charge in [0.15, 0.2) is 11.5 Å². The lowest BCUT2D eigenvalue weighted by molar-refractivity contribution is 0.0902. The minimum atomic E-state index is -0.551. The fourth-order valence-corrected chi connectivity index (χ4v) is 2.68. The molecule has 2 N–H and O–H groups in total. The van der Waals surface area contributed by atoms with Crippen molar-refractivity contribution in [1.82, 2.24) is 10.9 Å². The van der Waals surface area contributed by atoms with Gasteiger partial charge in [-0.1, -0.05) is 59.7 Å². The molecule has 0 radical (unpaired) electrons. The van der Waals surface area contributed by atoms with Crippen molar-refractivity contribution in [3.05, 3.63) is 94.4 Å². The Labute approximate surface area is 180 Å². The van der Waals surface area contributed by atoms with E-state index in [9.17, 15) is 9.59 Å². The van der Waals surface area contributed by atoms with E-state index < -0.39 is 11.8 Å². The largest absolute Gasteiger partial charge is 0.446 e. The molecule has 3 aromatic rings. The molecular weight excluding hydrogens is 392 g/mol. The van der Waals surface area contributed by atoms with Crippen molar-refractivity contribution < 1.29 is 14.0 Å². The molecule has 7 nitrogen and oxygen atoms in total. The van der Waals surface area contributed by atoms with Gasteiger partial charge in [-0.25, -0.2) is 10.9 Å². The zero-order valence-corrected chi connectivity index (χ0v) is 17.9. The van der Waals surface area contributed by atoms with Gasteiger partial charge >= 0.3 is 11.8 Å². The van der Waals surface area contributed by atoms with Gasteiger partial charge in [0.1, 0.15) is 0 Å². The number of amides is 2. The Morgan fingerprint density at radius 1 is 0.645 bits per heavy atom. The highest BCUT2D eigenvalue weighted by Crippen LogP contribution is 2.09. The first-order valence-electron chi connectivity index (χ1n) is 9.76. The van der Waals surface area contributed by atoms with Gasteiger partial charge in [-0.2, -0.15) is 10.2 Å². The average molecular weight is 416 g/mol. The summed E-state index contributed by atoms with van der Waals surface area (Å²) in [6.07, 6.45) is 0. The van der Waals surface area contributed by atoms with E-state index in [2.05, 4.69) is 21.1 Å². The average Bonchev–Trinajstić information content (AvgIpc) is 3.27. The van der Waals surface area contributed by atoms with Crippen molar-refractivity contribution in [2.45, 2.75) is 27.7 Å². The van der Waals surface area contributed by atoms with Crippen LogP contribution in [0.1, 0.15) is 57.2 Å². The van der Waals surface area contributed by atoms with Crippen LogP contribution in [0.4, 0.5) is 0 Å². The molecule has 0 saturated heterocycles. The Balaban J connectivity index is 1.60. The van der Waals surface area contributed by atoms with Gasteiger partial charge in [0, 0.05) is 0 Å². The number of hydrogen-bond acceptors (Lipinski definition) is 5. The van der Waals surface area contributed by atoms with E-state index in [1.54, 1.807) is 13.8 Å². The lowest BCUT2D eigenvalue weighted by atomic mass is 10.1. The van der Waals surface area contributed by atoms with E-state index in [4.69, 9.17) is 4.42 Å². The molecule has 3 rings (SSSR count). The summed E-state index contributed by atoms with van der Waals surface area (Å²) >= 11 is 0. The van der Waals surface area contributed by atoms with Crippen LogP contribution < -0.4 is 10.9 Å². The fraction of sp³-hybridized carbons (Fsp3) is 0.167. The van der Waals surface area contributed by atoms with Crippen molar-refractivity contribution >= 4 is 23.2 Å². The molecule has 158 valence electrons. The van der Waals surface area contributed by atoms with Crippen LogP contribution in [0.2, 0.25) is 0 Å². The molecule has 2 aromatic carbocycles. The SMILES string of the molecule is CC(=NNC(=O)c1ccc(C(=O)NN=C(C)c2ccc(C)cc2)o1)c1ccc(C)cc1. The quantitative estimate of drug-likeness (QED) is 0.465. The van der Waals surface area contributed by atoms with Gasteiger partial charge in [-0.3, -0.25) is 9.59 Å². The first-order chi connectivity index (χ1) is 14.8. The number of hydrazone groups is 2.